The van der Waals surface area contributed by atoms with E-state index in [9.17, 15) is 14.4 Å². The summed E-state index contributed by atoms with van der Waals surface area (Å²) in [5.41, 5.74) is 1.23. The molecule has 2 rings (SSSR count). The quantitative estimate of drug-likeness (QED) is 0.863. The minimum Gasteiger partial charge on any atom is -0.357 e. The van der Waals surface area contributed by atoms with Crippen molar-refractivity contribution in [1.82, 2.24) is 10.2 Å². The highest BCUT2D eigenvalue weighted by Gasteiger charge is 2.37. The molecule has 5 heteroatoms. The molecule has 1 atom stereocenters. The normalized spacial score (nSPS) is 14.8. The van der Waals surface area contributed by atoms with Gasteiger partial charge < -0.3 is 5.32 Å². The number of amides is 3. The number of carbonyl (C=O) groups is 3. The van der Waals surface area contributed by atoms with Gasteiger partial charge in [-0.15, -0.1) is 0 Å². The average molecular weight is 290 g/mol. The number of carbonyl (C=O) groups excluding carboxylic acids is 3. The Kier molecular flexibility index (Phi) is 6.09. The van der Waals surface area contributed by atoms with E-state index < -0.39 is 6.04 Å². The van der Waals surface area contributed by atoms with Gasteiger partial charge in [-0.25, -0.2) is 0 Å². The second-order valence-corrected chi connectivity index (χ2v) is 4.44. The standard InChI is InChI=1S/C14H16N2O3.C2H6/c1-3-11(13(18)15-2)16-12(17)8-9-6-4-5-7-10(9)14(16)19;1-2/h4-7,11H,3,8H2,1-2H3,(H,15,18);1-2H3. The van der Waals surface area contributed by atoms with Crippen LogP contribution in [0.5, 0.6) is 0 Å². The predicted molar refractivity (Wildman–Crippen MR) is 80.8 cm³/mol. The third-order valence-corrected chi connectivity index (χ3v) is 3.32. The fourth-order valence-corrected chi connectivity index (χ4v) is 2.34. The van der Waals surface area contributed by atoms with Crippen molar-refractivity contribution in [2.45, 2.75) is 39.7 Å². The molecule has 1 heterocycles. The number of fused-ring (bicyclic) bond motifs is 1. The number of nitrogens with zero attached hydrogens (tertiary/aromatic N) is 1. The number of rotatable bonds is 3. The van der Waals surface area contributed by atoms with Crippen molar-refractivity contribution >= 4 is 17.7 Å². The fraction of sp³-hybridized carbons (Fsp3) is 0.438. The first-order valence-corrected chi connectivity index (χ1v) is 7.26. The molecule has 0 aliphatic carbocycles. The lowest BCUT2D eigenvalue weighted by molar-refractivity contribution is -0.137. The van der Waals surface area contributed by atoms with Crippen molar-refractivity contribution in [3.05, 3.63) is 35.4 Å². The molecule has 1 unspecified atom stereocenters. The first-order valence-electron chi connectivity index (χ1n) is 7.26. The molecule has 0 aromatic heterocycles. The molecule has 0 saturated carbocycles. The van der Waals surface area contributed by atoms with Crippen LogP contribution in [0.3, 0.4) is 0 Å². The highest BCUT2D eigenvalue weighted by molar-refractivity contribution is 6.12. The monoisotopic (exact) mass is 290 g/mol. The minimum atomic E-state index is -0.738. The van der Waals surface area contributed by atoms with E-state index in [-0.39, 0.29) is 24.1 Å². The summed E-state index contributed by atoms with van der Waals surface area (Å²) in [6, 6.07) is 6.27. The van der Waals surface area contributed by atoms with Crippen LogP contribution in [-0.2, 0) is 16.0 Å². The maximum atomic E-state index is 12.4. The largest absolute Gasteiger partial charge is 0.357 e. The molecule has 114 valence electrons. The van der Waals surface area contributed by atoms with Crippen LogP contribution < -0.4 is 5.32 Å². The van der Waals surface area contributed by atoms with Crippen molar-refractivity contribution in [2.24, 2.45) is 0 Å². The van der Waals surface area contributed by atoms with E-state index in [1.54, 1.807) is 31.2 Å². The van der Waals surface area contributed by atoms with Crippen LogP contribution in [0.25, 0.3) is 0 Å². The van der Waals surface area contributed by atoms with Gasteiger partial charge in [0, 0.05) is 12.6 Å². The van der Waals surface area contributed by atoms with Crippen LogP contribution in [0.2, 0.25) is 0 Å². The zero-order valence-corrected chi connectivity index (χ0v) is 13.0. The topological polar surface area (TPSA) is 66.5 Å². The molecule has 0 fully saturated rings. The van der Waals surface area contributed by atoms with Crippen molar-refractivity contribution in [1.29, 1.82) is 0 Å². The summed E-state index contributed by atoms with van der Waals surface area (Å²) in [5.74, 6) is -1.02. The molecule has 1 N–H and O–H groups in total. The van der Waals surface area contributed by atoms with E-state index in [2.05, 4.69) is 5.32 Å². The van der Waals surface area contributed by atoms with Gasteiger partial charge in [-0.1, -0.05) is 39.0 Å². The summed E-state index contributed by atoms with van der Waals surface area (Å²) in [7, 11) is 1.50. The molecule has 1 aliphatic rings. The van der Waals surface area contributed by atoms with Gasteiger partial charge in [0.25, 0.3) is 5.91 Å². The molecule has 3 amide bonds. The Balaban J connectivity index is 0.00000106. The van der Waals surface area contributed by atoms with Crippen molar-refractivity contribution in [2.75, 3.05) is 7.05 Å². The number of imide groups is 1. The third kappa shape index (κ3) is 3.29. The zero-order valence-electron chi connectivity index (χ0n) is 13.0. The number of hydrogen-bond acceptors (Lipinski definition) is 3. The van der Waals surface area contributed by atoms with E-state index in [1.807, 2.05) is 13.8 Å². The maximum Gasteiger partial charge on any atom is 0.261 e. The molecule has 1 aromatic rings. The maximum absolute atomic E-state index is 12.4. The van der Waals surface area contributed by atoms with Gasteiger partial charge in [-0.2, -0.15) is 0 Å². The zero-order chi connectivity index (χ0) is 16.0. The van der Waals surface area contributed by atoms with Crippen molar-refractivity contribution in [3.63, 3.8) is 0 Å². The molecular formula is C16H22N2O3. The number of hydrogen-bond donors (Lipinski definition) is 1. The molecule has 21 heavy (non-hydrogen) atoms. The van der Waals surface area contributed by atoms with Crippen LogP contribution in [0.15, 0.2) is 24.3 Å². The first-order chi connectivity index (χ1) is 10.1. The Morgan fingerprint density at radius 2 is 1.90 bits per heavy atom. The summed E-state index contributed by atoms with van der Waals surface area (Å²) in [6.45, 7) is 5.78. The van der Waals surface area contributed by atoms with Gasteiger partial charge in [0.05, 0.1) is 6.42 Å². The van der Waals surface area contributed by atoms with Crippen LogP contribution in [0, 0.1) is 0 Å². The molecular weight excluding hydrogens is 268 g/mol. The third-order valence-electron chi connectivity index (χ3n) is 3.32. The first kappa shape index (κ1) is 16.9. The van der Waals surface area contributed by atoms with Gasteiger partial charge in [0.2, 0.25) is 11.8 Å². The van der Waals surface area contributed by atoms with Gasteiger partial charge in [-0.3, -0.25) is 19.3 Å². The van der Waals surface area contributed by atoms with Gasteiger partial charge in [0.1, 0.15) is 6.04 Å². The second kappa shape index (κ2) is 7.57. The van der Waals surface area contributed by atoms with Gasteiger partial charge in [-0.05, 0) is 18.1 Å². The fourth-order valence-electron chi connectivity index (χ4n) is 2.34. The number of benzene rings is 1. The average Bonchev–Trinajstić information content (AvgIpc) is 2.52. The summed E-state index contributed by atoms with van der Waals surface area (Å²) < 4.78 is 0. The van der Waals surface area contributed by atoms with Crippen LogP contribution in [0.1, 0.15) is 43.1 Å². The highest BCUT2D eigenvalue weighted by atomic mass is 16.2. The Labute approximate surface area is 125 Å². The summed E-state index contributed by atoms with van der Waals surface area (Å²) >= 11 is 0. The SMILES string of the molecule is CC.CCC(C(=O)NC)N1C(=O)Cc2ccccc2C1=O. The summed E-state index contributed by atoms with van der Waals surface area (Å²) in [5, 5.41) is 2.49. The lowest BCUT2D eigenvalue weighted by atomic mass is 9.96. The summed E-state index contributed by atoms with van der Waals surface area (Å²) in [6.07, 6.45) is 0.564. The Morgan fingerprint density at radius 1 is 1.29 bits per heavy atom. The number of nitrogens with one attached hydrogen (secondary N) is 1. The Hall–Kier alpha value is -2.17. The molecule has 0 radical (unpaired) electrons. The Morgan fingerprint density at radius 3 is 2.48 bits per heavy atom. The lowest BCUT2D eigenvalue weighted by Gasteiger charge is -2.32. The van der Waals surface area contributed by atoms with Crippen LogP contribution in [0.4, 0.5) is 0 Å². The molecule has 1 aromatic carbocycles. The predicted octanol–water partition coefficient (Wildman–Crippen LogP) is 1.76. The summed E-state index contributed by atoms with van der Waals surface area (Å²) in [4.78, 5) is 37.4. The molecule has 0 bridgehead atoms. The molecule has 0 spiro atoms. The van der Waals surface area contributed by atoms with Crippen molar-refractivity contribution < 1.29 is 14.4 Å². The Bertz CT molecular complexity index is 540. The molecule has 1 aliphatic heterocycles. The molecule has 0 saturated heterocycles. The number of likely N-dealkylation sites (N-methyl/N-ethyl adjacent to an activating group) is 1. The smallest absolute Gasteiger partial charge is 0.261 e. The van der Waals surface area contributed by atoms with E-state index in [1.165, 1.54) is 7.05 Å². The highest BCUT2D eigenvalue weighted by Crippen LogP contribution is 2.22. The van der Waals surface area contributed by atoms with E-state index >= 15 is 0 Å². The second-order valence-electron chi connectivity index (χ2n) is 4.44. The van der Waals surface area contributed by atoms with Crippen LogP contribution in [-0.4, -0.2) is 35.7 Å². The van der Waals surface area contributed by atoms with Crippen LogP contribution >= 0.6 is 0 Å². The van der Waals surface area contributed by atoms with E-state index in [4.69, 9.17) is 0 Å². The lowest BCUT2D eigenvalue weighted by Crippen LogP contribution is -2.53. The van der Waals surface area contributed by atoms with Gasteiger partial charge in [0.15, 0.2) is 0 Å². The minimum absolute atomic E-state index is 0.162. The van der Waals surface area contributed by atoms with Crippen molar-refractivity contribution in [3.8, 4) is 0 Å². The van der Waals surface area contributed by atoms with E-state index in [0.29, 0.717) is 12.0 Å². The molecule has 5 nitrogen and oxygen atoms in total. The van der Waals surface area contributed by atoms with E-state index in [0.717, 1.165) is 10.5 Å². The van der Waals surface area contributed by atoms with Gasteiger partial charge >= 0.3 is 0 Å².